The highest BCUT2D eigenvalue weighted by molar-refractivity contribution is 5.74. The normalized spacial score (nSPS) is 21.2. The number of urea groups is 1. The Morgan fingerprint density at radius 3 is 2.68 bits per heavy atom. The fraction of sp³-hybridized carbons (Fsp3) is 0.625. The molecule has 2 rings (SSSR count). The number of pyridine rings is 1. The topological polar surface area (TPSA) is 77.5 Å². The number of hydrogen-bond acceptors (Lipinski definition) is 4. The van der Waals surface area contributed by atoms with E-state index in [0.717, 1.165) is 37.2 Å². The fourth-order valence-electron chi connectivity index (χ4n) is 2.71. The summed E-state index contributed by atoms with van der Waals surface area (Å²) >= 11 is 0. The lowest BCUT2D eigenvalue weighted by Crippen LogP contribution is -2.43. The van der Waals surface area contributed by atoms with E-state index in [1.54, 1.807) is 0 Å². The molecule has 3 N–H and O–H groups in total. The molecule has 1 aliphatic carbocycles. The molecule has 0 radical (unpaired) electrons. The van der Waals surface area contributed by atoms with Crippen LogP contribution in [-0.4, -0.2) is 42.9 Å². The van der Waals surface area contributed by atoms with Crippen LogP contribution >= 0.6 is 0 Å². The molecule has 122 valence electrons. The zero-order valence-corrected chi connectivity index (χ0v) is 13.4. The second-order valence-electron chi connectivity index (χ2n) is 6.11. The molecule has 0 bridgehead atoms. The van der Waals surface area contributed by atoms with E-state index in [4.69, 9.17) is 5.11 Å². The summed E-state index contributed by atoms with van der Waals surface area (Å²) < 4.78 is 0. The zero-order valence-electron chi connectivity index (χ0n) is 13.4. The number of aromatic nitrogens is 1. The lowest BCUT2D eigenvalue weighted by molar-refractivity contribution is 0.174. The molecule has 0 saturated heterocycles. The third-order valence-electron chi connectivity index (χ3n) is 4.12. The second kappa shape index (κ2) is 7.98. The van der Waals surface area contributed by atoms with Crippen molar-refractivity contribution in [3.05, 3.63) is 23.9 Å². The molecule has 1 aromatic heterocycles. The van der Waals surface area contributed by atoms with E-state index in [0.29, 0.717) is 12.5 Å². The van der Waals surface area contributed by atoms with Crippen molar-refractivity contribution in [1.82, 2.24) is 15.6 Å². The van der Waals surface area contributed by atoms with Gasteiger partial charge in [0.25, 0.3) is 0 Å². The predicted octanol–water partition coefficient (Wildman–Crippen LogP) is 1.50. The summed E-state index contributed by atoms with van der Waals surface area (Å²) in [5, 5.41) is 15.0. The predicted molar refractivity (Wildman–Crippen MR) is 86.8 cm³/mol. The number of hydrogen-bond donors (Lipinski definition) is 3. The number of aliphatic hydroxyl groups excluding tert-OH is 1. The van der Waals surface area contributed by atoms with Crippen LogP contribution in [0.15, 0.2) is 18.2 Å². The standard InChI is InChI=1S/C16H26N4O2/c1-20(2)15-5-3-4-14(18-15)10-17-16(22)19-13-8-6-12(11-21)7-9-13/h3-5,12-13,21H,6-11H2,1-2H3,(H2,17,19,22). The second-order valence-corrected chi connectivity index (χ2v) is 6.11. The van der Waals surface area contributed by atoms with Crippen LogP contribution in [0.2, 0.25) is 0 Å². The number of amides is 2. The molecule has 1 fully saturated rings. The summed E-state index contributed by atoms with van der Waals surface area (Å²) in [5.41, 5.74) is 0.838. The van der Waals surface area contributed by atoms with Crippen molar-refractivity contribution in [2.45, 2.75) is 38.3 Å². The summed E-state index contributed by atoms with van der Waals surface area (Å²) in [5.74, 6) is 1.28. The Balaban J connectivity index is 1.75. The zero-order chi connectivity index (χ0) is 15.9. The molecule has 0 unspecified atom stereocenters. The van der Waals surface area contributed by atoms with E-state index in [-0.39, 0.29) is 18.7 Å². The van der Waals surface area contributed by atoms with Gasteiger partial charge in [-0.3, -0.25) is 0 Å². The number of nitrogens with one attached hydrogen (secondary N) is 2. The number of aliphatic hydroxyl groups is 1. The van der Waals surface area contributed by atoms with Crippen LogP contribution in [0.1, 0.15) is 31.4 Å². The minimum absolute atomic E-state index is 0.149. The van der Waals surface area contributed by atoms with E-state index < -0.39 is 0 Å². The van der Waals surface area contributed by atoms with E-state index >= 15 is 0 Å². The lowest BCUT2D eigenvalue weighted by atomic mass is 9.87. The average molecular weight is 306 g/mol. The van der Waals surface area contributed by atoms with Crippen molar-refractivity contribution in [1.29, 1.82) is 0 Å². The van der Waals surface area contributed by atoms with E-state index in [1.807, 2.05) is 37.2 Å². The van der Waals surface area contributed by atoms with Gasteiger partial charge in [0.15, 0.2) is 0 Å². The van der Waals surface area contributed by atoms with Crippen molar-refractivity contribution in [2.75, 3.05) is 25.6 Å². The largest absolute Gasteiger partial charge is 0.396 e. The molecular formula is C16H26N4O2. The Morgan fingerprint density at radius 1 is 1.32 bits per heavy atom. The Labute approximate surface area is 131 Å². The van der Waals surface area contributed by atoms with Crippen molar-refractivity contribution in [3.63, 3.8) is 0 Å². The smallest absolute Gasteiger partial charge is 0.315 e. The van der Waals surface area contributed by atoms with Crippen LogP contribution in [0, 0.1) is 5.92 Å². The monoisotopic (exact) mass is 306 g/mol. The molecule has 6 nitrogen and oxygen atoms in total. The van der Waals surface area contributed by atoms with Gasteiger partial charge < -0.3 is 20.6 Å². The van der Waals surface area contributed by atoms with Crippen molar-refractivity contribution in [2.24, 2.45) is 5.92 Å². The molecule has 6 heteroatoms. The van der Waals surface area contributed by atoms with Gasteiger partial charge in [0.2, 0.25) is 0 Å². The first kappa shape index (κ1) is 16.5. The molecular weight excluding hydrogens is 280 g/mol. The number of carbonyl (C=O) groups is 1. The highest BCUT2D eigenvalue weighted by Gasteiger charge is 2.21. The number of rotatable bonds is 5. The number of carbonyl (C=O) groups excluding carboxylic acids is 1. The first-order chi connectivity index (χ1) is 10.6. The Bertz CT molecular complexity index is 485. The van der Waals surface area contributed by atoms with Crippen molar-refractivity contribution in [3.8, 4) is 0 Å². The maximum absolute atomic E-state index is 11.9. The Hall–Kier alpha value is -1.82. The third-order valence-corrected chi connectivity index (χ3v) is 4.12. The molecule has 0 aromatic carbocycles. The van der Waals surface area contributed by atoms with Crippen LogP contribution in [-0.2, 0) is 6.54 Å². The summed E-state index contributed by atoms with van der Waals surface area (Å²) in [6, 6.07) is 5.84. The minimum Gasteiger partial charge on any atom is -0.396 e. The van der Waals surface area contributed by atoms with Crippen LogP contribution in [0.4, 0.5) is 10.6 Å². The average Bonchev–Trinajstić information content (AvgIpc) is 2.54. The van der Waals surface area contributed by atoms with Crippen molar-refractivity contribution >= 4 is 11.8 Å². The molecule has 0 aliphatic heterocycles. The fourth-order valence-corrected chi connectivity index (χ4v) is 2.71. The number of anilines is 1. The van der Waals surface area contributed by atoms with Gasteiger partial charge in [0, 0.05) is 26.7 Å². The first-order valence-electron chi connectivity index (χ1n) is 7.87. The summed E-state index contributed by atoms with van der Waals surface area (Å²) in [6.07, 6.45) is 3.84. The van der Waals surface area contributed by atoms with Gasteiger partial charge in [-0.2, -0.15) is 0 Å². The van der Waals surface area contributed by atoms with Gasteiger partial charge in [-0.05, 0) is 43.7 Å². The molecule has 22 heavy (non-hydrogen) atoms. The maximum Gasteiger partial charge on any atom is 0.315 e. The van der Waals surface area contributed by atoms with Crippen LogP contribution in [0.5, 0.6) is 0 Å². The third kappa shape index (κ3) is 4.87. The van der Waals surface area contributed by atoms with E-state index in [2.05, 4.69) is 15.6 Å². The highest BCUT2D eigenvalue weighted by Crippen LogP contribution is 2.23. The van der Waals surface area contributed by atoms with Crippen LogP contribution < -0.4 is 15.5 Å². The summed E-state index contributed by atoms with van der Waals surface area (Å²) in [6.45, 7) is 0.673. The van der Waals surface area contributed by atoms with Crippen LogP contribution in [0.3, 0.4) is 0 Å². The molecule has 2 amide bonds. The summed E-state index contributed by atoms with van der Waals surface area (Å²) in [7, 11) is 3.88. The van der Waals surface area contributed by atoms with Gasteiger partial charge in [0.1, 0.15) is 5.82 Å². The maximum atomic E-state index is 11.9. The van der Waals surface area contributed by atoms with Gasteiger partial charge in [-0.25, -0.2) is 9.78 Å². The Kier molecular flexibility index (Phi) is 6.00. The molecule has 0 atom stereocenters. The minimum atomic E-state index is -0.149. The molecule has 1 aliphatic rings. The highest BCUT2D eigenvalue weighted by atomic mass is 16.3. The summed E-state index contributed by atoms with van der Waals surface area (Å²) in [4.78, 5) is 18.3. The van der Waals surface area contributed by atoms with Crippen LogP contribution in [0.25, 0.3) is 0 Å². The SMILES string of the molecule is CN(C)c1cccc(CNC(=O)NC2CCC(CO)CC2)n1. The number of nitrogens with zero attached hydrogens (tertiary/aromatic N) is 2. The van der Waals surface area contributed by atoms with Gasteiger partial charge in [-0.1, -0.05) is 6.07 Å². The van der Waals surface area contributed by atoms with Gasteiger partial charge in [0.05, 0.1) is 12.2 Å². The van der Waals surface area contributed by atoms with E-state index in [9.17, 15) is 4.79 Å². The molecule has 0 spiro atoms. The van der Waals surface area contributed by atoms with Gasteiger partial charge >= 0.3 is 6.03 Å². The van der Waals surface area contributed by atoms with E-state index in [1.165, 1.54) is 0 Å². The quantitative estimate of drug-likeness (QED) is 0.770. The molecule has 1 heterocycles. The first-order valence-corrected chi connectivity index (χ1v) is 7.87. The molecule has 1 aromatic rings. The lowest BCUT2D eigenvalue weighted by Gasteiger charge is -2.27. The van der Waals surface area contributed by atoms with Crippen molar-refractivity contribution < 1.29 is 9.90 Å². The van der Waals surface area contributed by atoms with Gasteiger partial charge in [-0.15, -0.1) is 0 Å². The Morgan fingerprint density at radius 2 is 2.05 bits per heavy atom. The molecule has 1 saturated carbocycles.